The molecule has 0 saturated heterocycles. The number of hydrogen-bond donors (Lipinski definition) is 3. The molecular formula is C18H24FIN4OS. The van der Waals surface area contributed by atoms with E-state index < -0.39 is 0 Å². The highest BCUT2D eigenvalue weighted by molar-refractivity contribution is 14.0. The summed E-state index contributed by atoms with van der Waals surface area (Å²) in [6.07, 6.45) is 0. The molecule has 3 N–H and O–H groups in total. The van der Waals surface area contributed by atoms with E-state index in [2.05, 4.69) is 40.0 Å². The molecule has 5 nitrogen and oxygen atoms in total. The number of halogens is 2. The third kappa shape index (κ3) is 6.91. The van der Waals surface area contributed by atoms with Gasteiger partial charge in [0.2, 0.25) is 0 Å². The van der Waals surface area contributed by atoms with Crippen molar-refractivity contribution in [1.82, 2.24) is 16.0 Å². The quantitative estimate of drug-likeness (QED) is 0.252. The van der Waals surface area contributed by atoms with Gasteiger partial charge in [0.1, 0.15) is 5.82 Å². The third-order valence-electron chi connectivity index (χ3n) is 3.59. The van der Waals surface area contributed by atoms with Crippen LogP contribution in [0, 0.1) is 19.7 Å². The van der Waals surface area contributed by atoms with Crippen molar-refractivity contribution >= 4 is 47.2 Å². The Labute approximate surface area is 174 Å². The first-order chi connectivity index (χ1) is 12.0. The lowest BCUT2D eigenvalue weighted by Crippen LogP contribution is -2.41. The minimum Gasteiger partial charge on any atom is -0.355 e. The van der Waals surface area contributed by atoms with Crippen LogP contribution in [0.3, 0.4) is 0 Å². The van der Waals surface area contributed by atoms with E-state index in [0.29, 0.717) is 36.7 Å². The molecule has 0 atom stereocenters. The molecule has 8 heteroatoms. The Kier molecular flexibility index (Phi) is 9.57. The van der Waals surface area contributed by atoms with Gasteiger partial charge in [-0.3, -0.25) is 9.79 Å². The molecule has 0 aliphatic carbocycles. The highest BCUT2D eigenvalue weighted by Crippen LogP contribution is 2.14. The zero-order valence-electron chi connectivity index (χ0n) is 15.1. The van der Waals surface area contributed by atoms with E-state index >= 15 is 0 Å². The number of hydrogen-bond acceptors (Lipinski definition) is 3. The van der Waals surface area contributed by atoms with E-state index in [1.165, 1.54) is 15.8 Å². The number of rotatable bonds is 6. The standard InChI is InChI=1S/C18H23FN4OS.HI/c1-12-4-6-14(10-16(12)19)17(24)21-8-9-22-18(20-3)23-11-15-7-5-13(2)25-15;/h4-7,10H,8-9,11H2,1-3H3,(H,21,24)(H2,20,22,23);1H. The van der Waals surface area contributed by atoms with Crippen LogP contribution in [0.1, 0.15) is 25.7 Å². The van der Waals surface area contributed by atoms with E-state index in [9.17, 15) is 9.18 Å². The van der Waals surface area contributed by atoms with Crippen LogP contribution in [-0.4, -0.2) is 32.0 Å². The Morgan fingerprint density at radius 2 is 1.85 bits per heavy atom. The maximum atomic E-state index is 13.5. The van der Waals surface area contributed by atoms with Gasteiger partial charge in [0.25, 0.3) is 5.91 Å². The van der Waals surface area contributed by atoms with Crippen molar-refractivity contribution < 1.29 is 9.18 Å². The van der Waals surface area contributed by atoms with Crippen LogP contribution in [0.25, 0.3) is 0 Å². The largest absolute Gasteiger partial charge is 0.355 e. The number of aliphatic imine (C=N–C) groups is 1. The second-order valence-corrected chi connectivity index (χ2v) is 6.96. The Bertz CT molecular complexity index is 763. The summed E-state index contributed by atoms with van der Waals surface area (Å²) in [5.74, 6) is -0.00131. The zero-order chi connectivity index (χ0) is 18.2. The summed E-state index contributed by atoms with van der Waals surface area (Å²) in [7, 11) is 1.70. The van der Waals surface area contributed by atoms with E-state index in [4.69, 9.17) is 0 Å². The number of carbonyl (C=O) groups excluding carboxylic acids is 1. The molecule has 2 rings (SSSR count). The summed E-state index contributed by atoms with van der Waals surface area (Å²) in [6, 6.07) is 8.63. The number of guanidine groups is 1. The minimum atomic E-state index is -0.376. The van der Waals surface area contributed by atoms with E-state index in [1.54, 1.807) is 37.4 Å². The van der Waals surface area contributed by atoms with Crippen molar-refractivity contribution in [3.8, 4) is 0 Å². The Morgan fingerprint density at radius 1 is 1.12 bits per heavy atom. The summed E-state index contributed by atoms with van der Waals surface area (Å²) in [4.78, 5) is 18.6. The van der Waals surface area contributed by atoms with E-state index in [1.807, 2.05) is 0 Å². The van der Waals surface area contributed by atoms with Gasteiger partial charge < -0.3 is 16.0 Å². The molecular weight excluding hydrogens is 466 g/mol. The topological polar surface area (TPSA) is 65.5 Å². The molecule has 26 heavy (non-hydrogen) atoms. The van der Waals surface area contributed by atoms with Crippen molar-refractivity contribution in [2.45, 2.75) is 20.4 Å². The first-order valence-electron chi connectivity index (χ1n) is 8.04. The monoisotopic (exact) mass is 490 g/mol. The molecule has 0 fully saturated rings. The van der Waals surface area contributed by atoms with Crippen LogP contribution in [-0.2, 0) is 6.54 Å². The minimum absolute atomic E-state index is 0. The van der Waals surface area contributed by atoms with Gasteiger partial charge in [0.15, 0.2) is 5.96 Å². The average Bonchev–Trinajstić information content (AvgIpc) is 3.01. The Hall–Kier alpha value is -1.68. The fraction of sp³-hybridized carbons (Fsp3) is 0.333. The number of benzene rings is 1. The maximum Gasteiger partial charge on any atom is 0.251 e. The van der Waals surface area contributed by atoms with Gasteiger partial charge in [0, 0.05) is 35.5 Å². The van der Waals surface area contributed by atoms with Crippen LogP contribution < -0.4 is 16.0 Å². The maximum absolute atomic E-state index is 13.5. The van der Waals surface area contributed by atoms with Crippen molar-refractivity contribution in [2.24, 2.45) is 4.99 Å². The fourth-order valence-electron chi connectivity index (χ4n) is 2.16. The molecule has 0 saturated carbocycles. The summed E-state index contributed by atoms with van der Waals surface area (Å²) >= 11 is 1.74. The van der Waals surface area contributed by atoms with Crippen molar-refractivity contribution in [1.29, 1.82) is 0 Å². The number of nitrogens with one attached hydrogen (secondary N) is 3. The van der Waals surface area contributed by atoms with Gasteiger partial charge in [-0.1, -0.05) is 6.07 Å². The summed E-state index contributed by atoms with van der Waals surface area (Å²) in [5, 5.41) is 9.10. The predicted octanol–water partition coefficient (Wildman–Crippen LogP) is 3.22. The molecule has 0 bridgehead atoms. The van der Waals surface area contributed by atoms with Gasteiger partial charge >= 0.3 is 0 Å². The van der Waals surface area contributed by atoms with Gasteiger partial charge in [-0.05, 0) is 43.7 Å². The molecule has 1 heterocycles. The fourth-order valence-corrected chi connectivity index (χ4v) is 2.99. The van der Waals surface area contributed by atoms with Gasteiger partial charge in [-0.25, -0.2) is 4.39 Å². The molecule has 2 aromatic rings. The number of amides is 1. The normalized spacial score (nSPS) is 10.8. The number of aryl methyl sites for hydroxylation is 2. The Morgan fingerprint density at radius 3 is 2.46 bits per heavy atom. The molecule has 1 aromatic heterocycles. The highest BCUT2D eigenvalue weighted by atomic mass is 127. The summed E-state index contributed by atoms with van der Waals surface area (Å²) < 4.78 is 13.5. The molecule has 0 aliphatic rings. The molecule has 0 aliphatic heterocycles. The molecule has 1 aromatic carbocycles. The molecule has 142 valence electrons. The summed E-state index contributed by atoms with van der Waals surface area (Å²) in [6.45, 7) is 5.37. The van der Waals surface area contributed by atoms with Crippen molar-refractivity contribution in [3.63, 3.8) is 0 Å². The molecule has 0 radical (unpaired) electrons. The molecule has 0 unspecified atom stereocenters. The Balaban J connectivity index is 0.00000338. The highest BCUT2D eigenvalue weighted by Gasteiger charge is 2.07. The van der Waals surface area contributed by atoms with E-state index in [0.717, 1.165) is 0 Å². The van der Waals surface area contributed by atoms with Gasteiger partial charge in [0.05, 0.1) is 6.54 Å². The lowest BCUT2D eigenvalue weighted by Gasteiger charge is -2.12. The smallest absolute Gasteiger partial charge is 0.251 e. The third-order valence-corrected chi connectivity index (χ3v) is 4.59. The van der Waals surface area contributed by atoms with Crippen molar-refractivity contribution in [2.75, 3.05) is 20.1 Å². The zero-order valence-corrected chi connectivity index (χ0v) is 18.2. The lowest BCUT2D eigenvalue weighted by atomic mass is 10.1. The lowest BCUT2D eigenvalue weighted by molar-refractivity contribution is 0.0954. The number of nitrogens with zero attached hydrogens (tertiary/aromatic N) is 1. The number of carbonyl (C=O) groups is 1. The van der Waals surface area contributed by atoms with Crippen LogP contribution in [0.5, 0.6) is 0 Å². The SMILES string of the molecule is CN=C(NCCNC(=O)c1ccc(C)c(F)c1)NCc1ccc(C)s1.I. The first kappa shape index (κ1) is 22.4. The van der Waals surface area contributed by atoms with Crippen LogP contribution in [0.4, 0.5) is 4.39 Å². The molecule has 1 amide bonds. The second-order valence-electron chi connectivity index (χ2n) is 5.58. The van der Waals surface area contributed by atoms with Crippen molar-refractivity contribution in [3.05, 3.63) is 57.0 Å². The molecule has 0 spiro atoms. The van der Waals surface area contributed by atoms with Gasteiger partial charge in [-0.2, -0.15) is 0 Å². The summed E-state index contributed by atoms with van der Waals surface area (Å²) in [5.41, 5.74) is 0.840. The average molecular weight is 490 g/mol. The second kappa shape index (κ2) is 11.1. The van der Waals surface area contributed by atoms with Gasteiger partial charge in [-0.15, -0.1) is 35.3 Å². The van der Waals surface area contributed by atoms with Crippen LogP contribution in [0.2, 0.25) is 0 Å². The number of thiophene rings is 1. The first-order valence-corrected chi connectivity index (χ1v) is 8.85. The van der Waals surface area contributed by atoms with Crippen LogP contribution >= 0.6 is 35.3 Å². The van der Waals surface area contributed by atoms with E-state index in [-0.39, 0.29) is 35.7 Å². The predicted molar refractivity (Wildman–Crippen MR) is 116 cm³/mol. The van der Waals surface area contributed by atoms with Crippen LogP contribution in [0.15, 0.2) is 35.3 Å².